The summed E-state index contributed by atoms with van der Waals surface area (Å²) in [5.41, 5.74) is 3.71. The maximum atomic E-state index is 4.59. The highest BCUT2D eigenvalue weighted by Gasteiger charge is 2.13. The maximum Gasteiger partial charge on any atom is 0.0602 e. The first-order valence-corrected chi connectivity index (χ1v) is 6.46. The van der Waals surface area contributed by atoms with Crippen LogP contribution in [0.15, 0.2) is 24.9 Å². The molecule has 1 heterocycles. The van der Waals surface area contributed by atoms with Gasteiger partial charge in [0.2, 0.25) is 0 Å². The molecular formula is C15H24N2. The molecule has 1 N–H and O–H groups in total. The first-order valence-electron chi connectivity index (χ1n) is 6.46. The summed E-state index contributed by atoms with van der Waals surface area (Å²) >= 11 is 0. The average Bonchev–Trinajstić information content (AvgIpc) is 2.28. The van der Waals surface area contributed by atoms with Gasteiger partial charge in [0.05, 0.1) is 5.69 Å². The second kappa shape index (κ2) is 7.23. The van der Waals surface area contributed by atoms with Crippen LogP contribution in [0.2, 0.25) is 0 Å². The van der Waals surface area contributed by atoms with Gasteiger partial charge in [-0.1, -0.05) is 19.1 Å². The Morgan fingerprint density at radius 2 is 2.24 bits per heavy atom. The molecule has 1 aromatic heterocycles. The summed E-state index contributed by atoms with van der Waals surface area (Å²) in [6, 6.07) is 2.58. The molecular weight excluding hydrogens is 208 g/mol. The van der Waals surface area contributed by atoms with Crippen molar-refractivity contribution in [1.29, 1.82) is 0 Å². The Balaban J connectivity index is 2.77. The first-order chi connectivity index (χ1) is 8.19. The number of pyridine rings is 1. The zero-order valence-corrected chi connectivity index (χ0v) is 11.3. The average molecular weight is 232 g/mol. The Labute approximate surface area is 105 Å². The molecule has 0 bridgehead atoms. The molecule has 0 fully saturated rings. The fraction of sp³-hybridized carbons (Fsp3) is 0.533. The lowest BCUT2D eigenvalue weighted by atomic mass is 10.0. The van der Waals surface area contributed by atoms with Crippen LogP contribution in [-0.2, 0) is 0 Å². The Bertz CT molecular complexity index is 358. The van der Waals surface area contributed by atoms with Crippen molar-refractivity contribution in [2.75, 3.05) is 6.54 Å². The third-order valence-electron chi connectivity index (χ3n) is 2.94. The van der Waals surface area contributed by atoms with Crippen LogP contribution >= 0.6 is 0 Å². The molecule has 0 aliphatic heterocycles. The maximum absolute atomic E-state index is 4.59. The van der Waals surface area contributed by atoms with E-state index in [-0.39, 0.29) is 0 Å². The third kappa shape index (κ3) is 4.31. The number of nitrogens with one attached hydrogen (secondary N) is 1. The van der Waals surface area contributed by atoms with E-state index >= 15 is 0 Å². The molecule has 94 valence electrons. The minimum Gasteiger partial charge on any atom is -0.309 e. The van der Waals surface area contributed by atoms with E-state index in [0.29, 0.717) is 6.04 Å². The summed E-state index contributed by atoms with van der Waals surface area (Å²) in [7, 11) is 0. The van der Waals surface area contributed by atoms with Crippen LogP contribution in [0.5, 0.6) is 0 Å². The topological polar surface area (TPSA) is 24.9 Å². The Morgan fingerprint density at radius 1 is 1.47 bits per heavy atom. The van der Waals surface area contributed by atoms with E-state index in [1.807, 2.05) is 12.3 Å². The van der Waals surface area contributed by atoms with Gasteiger partial charge < -0.3 is 5.32 Å². The summed E-state index contributed by atoms with van der Waals surface area (Å²) in [6.45, 7) is 11.1. The molecule has 2 heteroatoms. The number of aryl methyl sites for hydroxylation is 2. The summed E-state index contributed by atoms with van der Waals surface area (Å²) in [4.78, 5) is 4.59. The molecule has 0 saturated carbocycles. The van der Waals surface area contributed by atoms with Gasteiger partial charge in [-0.05, 0) is 50.8 Å². The van der Waals surface area contributed by atoms with Crippen molar-refractivity contribution in [3.63, 3.8) is 0 Å². The molecule has 0 aliphatic carbocycles. The molecule has 0 spiro atoms. The largest absolute Gasteiger partial charge is 0.309 e. The van der Waals surface area contributed by atoms with Gasteiger partial charge in [-0.15, -0.1) is 6.58 Å². The van der Waals surface area contributed by atoms with Crippen molar-refractivity contribution < 1.29 is 0 Å². The molecule has 0 aliphatic rings. The molecule has 0 aromatic carbocycles. The van der Waals surface area contributed by atoms with Crippen molar-refractivity contribution in [3.05, 3.63) is 41.7 Å². The highest BCUT2D eigenvalue weighted by Crippen LogP contribution is 2.21. The number of hydrogen-bond donors (Lipinski definition) is 1. The molecule has 1 unspecified atom stereocenters. The lowest BCUT2D eigenvalue weighted by Crippen LogP contribution is -2.22. The minimum atomic E-state index is 0.376. The molecule has 1 atom stereocenters. The van der Waals surface area contributed by atoms with Crippen LogP contribution in [0.4, 0.5) is 0 Å². The van der Waals surface area contributed by atoms with Gasteiger partial charge in [-0.2, -0.15) is 0 Å². The van der Waals surface area contributed by atoms with E-state index in [2.05, 4.69) is 43.7 Å². The number of allylic oxidation sites excluding steroid dienone is 1. The van der Waals surface area contributed by atoms with Crippen LogP contribution in [0.25, 0.3) is 0 Å². The van der Waals surface area contributed by atoms with Crippen molar-refractivity contribution in [2.24, 2.45) is 0 Å². The molecule has 0 radical (unpaired) electrons. The van der Waals surface area contributed by atoms with E-state index in [4.69, 9.17) is 0 Å². The van der Waals surface area contributed by atoms with E-state index in [0.717, 1.165) is 25.8 Å². The van der Waals surface area contributed by atoms with Gasteiger partial charge >= 0.3 is 0 Å². The van der Waals surface area contributed by atoms with E-state index in [1.54, 1.807) is 0 Å². The normalized spacial score (nSPS) is 12.4. The van der Waals surface area contributed by atoms with Crippen LogP contribution in [0.3, 0.4) is 0 Å². The molecule has 0 saturated heterocycles. The number of unbranched alkanes of at least 4 members (excludes halogenated alkanes) is 1. The number of rotatable bonds is 7. The molecule has 1 aromatic rings. The predicted octanol–water partition coefficient (Wildman–Crippen LogP) is 3.71. The monoisotopic (exact) mass is 232 g/mol. The van der Waals surface area contributed by atoms with E-state index < -0.39 is 0 Å². The number of nitrogens with zero attached hydrogens (tertiary/aromatic N) is 1. The minimum absolute atomic E-state index is 0.376. The smallest absolute Gasteiger partial charge is 0.0602 e. The van der Waals surface area contributed by atoms with Gasteiger partial charge in [0.15, 0.2) is 0 Å². The predicted molar refractivity (Wildman–Crippen MR) is 74.2 cm³/mol. The van der Waals surface area contributed by atoms with Crippen LogP contribution in [0.1, 0.15) is 49.0 Å². The highest BCUT2D eigenvalue weighted by atomic mass is 14.9. The van der Waals surface area contributed by atoms with Crippen molar-refractivity contribution in [1.82, 2.24) is 10.3 Å². The van der Waals surface area contributed by atoms with Crippen molar-refractivity contribution in [2.45, 2.75) is 46.1 Å². The quantitative estimate of drug-likeness (QED) is 0.572. The second-order valence-electron chi connectivity index (χ2n) is 4.54. The number of aromatic nitrogens is 1. The van der Waals surface area contributed by atoms with Gasteiger partial charge in [-0.3, -0.25) is 4.98 Å². The lowest BCUT2D eigenvalue weighted by molar-refractivity contribution is 0.487. The second-order valence-corrected chi connectivity index (χ2v) is 4.54. The summed E-state index contributed by atoms with van der Waals surface area (Å²) in [5.74, 6) is 0. The third-order valence-corrected chi connectivity index (χ3v) is 2.94. The lowest BCUT2D eigenvalue weighted by Gasteiger charge is -2.19. The summed E-state index contributed by atoms with van der Waals surface area (Å²) < 4.78 is 0. The molecule has 0 amide bonds. The fourth-order valence-corrected chi connectivity index (χ4v) is 2.14. The van der Waals surface area contributed by atoms with Crippen LogP contribution in [-0.4, -0.2) is 11.5 Å². The highest BCUT2D eigenvalue weighted by molar-refractivity contribution is 5.25. The van der Waals surface area contributed by atoms with Gasteiger partial charge in [0.25, 0.3) is 0 Å². The van der Waals surface area contributed by atoms with Gasteiger partial charge in [-0.25, -0.2) is 0 Å². The van der Waals surface area contributed by atoms with Gasteiger partial charge in [0, 0.05) is 12.2 Å². The fourth-order valence-electron chi connectivity index (χ4n) is 2.14. The Morgan fingerprint density at radius 3 is 2.82 bits per heavy atom. The summed E-state index contributed by atoms with van der Waals surface area (Å²) in [6.07, 6.45) is 7.30. The molecule has 17 heavy (non-hydrogen) atoms. The molecule has 2 nitrogen and oxygen atoms in total. The SMILES string of the molecule is C=CCCCC(NCC)c1ncc(C)cc1C. The Kier molecular flexibility index (Phi) is 5.92. The van der Waals surface area contributed by atoms with Crippen molar-refractivity contribution >= 4 is 0 Å². The first kappa shape index (κ1) is 13.9. The number of hydrogen-bond acceptors (Lipinski definition) is 2. The van der Waals surface area contributed by atoms with E-state index in [9.17, 15) is 0 Å². The van der Waals surface area contributed by atoms with Crippen molar-refractivity contribution in [3.8, 4) is 0 Å². The van der Waals surface area contributed by atoms with E-state index in [1.165, 1.54) is 16.8 Å². The standard InChI is InChI=1S/C15H24N2/c1-5-7-8-9-14(16-6-2)15-13(4)10-12(3)11-17-15/h5,10-11,14,16H,1,6-9H2,2-4H3. The molecule has 1 rings (SSSR count). The van der Waals surface area contributed by atoms with Crippen LogP contribution in [0, 0.1) is 13.8 Å². The zero-order valence-electron chi connectivity index (χ0n) is 11.3. The van der Waals surface area contributed by atoms with Gasteiger partial charge in [0.1, 0.15) is 0 Å². The summed E-state index contributed by atoms with van der Waals surface area (Å²) in [5, 5.41) is 3.52. The van der Waals surface area contributed by atoms with Crippen LogP contribution < -0.4 is 5.32 Å². The zero-order chi connectivity index (χ0) is 12.7. The Hall–Kier alpha value is -1.15.